The van der Waals surface area contributed by atoms with Gasteiger partial charge in [0.15, 0.2) is 0 Å². The van der Waals surface area contributed by atoms with Gasteiger partial charge in [-0.2, -0.15) is 0 Å². The summed E-state index contributed by atoms with van der Waals surface area (Å²) in [4.78, 5) is 10.2. The van der Waals surface area contributed by atoms with E-state index in [1.807, 2.05) is 0 Å². The fourth-order valence-electron chi connectivity index (χ4n) is 3.47. The summed E-state index contributed by atoms with van der Waals surface area (Å²) in [6.45, 7) is 1.41. The maximum Gasteiger partial charge on any atom is 0.269 e. The molecule has 3 rings (SSSR count). The second-order valence-electron chi connectivity index (χ2n) is 6.06. The van der Waals surface area contributed by atoms with Crippen molar-refractivity contribution in [2.75, 3.05) is 13.1 Å². The lowest BCUT2D eigenvalue weighted by Gasteiger charge is -2.20. The summed E-state index contributed by atoms with van der Waals surface area (Å²) in [5, 5.41) is 24.0. The van der Waals surface area contributed by atoms with Crippen molar-refractivity contribution in [2.24, 2.45) is 17.8 Å². The first-order chi connectivity index (χ1) is 10.1. The lowest BCUT2D eigenvalue weighted by Crippen LogP contribution is -2.29. The van der Waals surface area contributed by atoms with Gasteiger partial charge in [-0.15, -0.1) is 0 Å². The lowest BCUT2D eigenvalue weighted by molar-refractivity contribution is -0.384. The van der Waals surface area contributed by atoms with Gasteiger partial charge in [-0.1, -0.05) is 12.2 Å². The monoisotopic (exact) mass is 288 g/mol. The molecule has 4 atom stereocenters. The summed E-state index contributed by atoms with van der Waals surface area (Å²) in [7, 11) is 0. The van der Waals surface area contributed by atoms with E-state index in [-0.39, 0.29) is 5.69 Å². The van der Waals surface area contributed by atoms with E-state index in [0.717, 1.165) is 12.5 Å². The average Bonchev–Trinajstić information content (AvgIpc) is 3.10. The number of allylic oxidation sites excluding steroid dienone is 2. The molecule has 0 aliphatic heterocycles. The Morgan fingerprint density at radius 1 is 1.29 bits per heavy atom. The lowest BCUT2D eigenvalue weighted by atomic mass is 9.93. The first-order valence-electron chi connectivity index (χ1n) is 7.45. The molecule has 0 aromatic heterocycles. The van der Waals surface area contributed by atoms with E-state index in [4.69, 9.17) is 0 Å². The molecule has 0 saturated heterocycles. The molecule has 2 bridgehead atoms. The van der Waals surface area contributed by atoms with Crippen LogP contribution in [-0.4, -0.2) is 23.1 Å². The van der Waals surface area contributed by atoms with Crippen molar-refractivity contribution in [1.29, 1.82) is 0 Å². The van der Waals surface area contributed by atoms with Gasteiger partial charge in [0.1, 0.15) is 0 Å². The third kappa shape index (κ3) is 3.14. The van der Waals surface area contributed by atoms with Crippen LogP contribution >= 0.6 is 0 Å². The van der Waals surface area contributed by atoms with Crippen molar-refractivity contribution >= 4 is 5.69 Å². The van der Waals surface area contributed by atoms with Crippen molar-refractivity contribution in [1.82, 2.24) is 5.32 Å². The molecule has 2 aliphatic rings. The summed E-state index contributed by atoms with van der Waals surface area (Å²) in [6, 6.07) is 6.09. The largest absolute Gasteiger partial charge is 0.387 e. The molecule has 0 amide bonds. The van der Waals surface area contributed by atoms with Crippen LogP contribution in [0.5, 0.6) is 0 Å². The number of benzene rings is 1. The van der Waals surface area contributed by atoms with Crippen LogP contribution in [0.15, 0.2) is 36.4 Å². The van der Waals surface area contributed by atoms with Gasteiger partial charge in [0.25, 0.3) is 5.69 Å². The number of aliphatic hydroxyl groups is 1. The zero-order valence-corrected chi connectivity index (χ0v) is 11.8. The van der Waals surface area contributed by atoms with E-state index in [2.05, 4.69) is 17.5 Å². The maximum absolute atomic E-state index is 10.6. The zero-order chi connectivity index (χ0) is 14.8. The Hall–Kier alpha value is -1.72. The van der Waals surface area contributed by atoms with E-state index >= 15 is 0 Å². The molecule has 2 aliphatic carbocycles. The predicted molar refractivity (Wildman–Crippen MR) is 79.8 cm³/mol. The molecule has 1 aromatic carbocycles. The number of nitro benzene ring substituents is 1. The fourth-order valence-corrected chi connectivity index (χ4v) is 3.47. The number of hydrogen-bond donors (Lipinski definition) is 2. The van der Waals surface area contributed by atoms with Crippen LogP contribution in [0.2, 0.25) is 0 Å². The Kier molecular flexibility index (Phi) is 4.03. The number of non-ortho nitro benzene ring substituents is 1. The summed E-state index contributed by atoms with van der Waals surface area (Å²) in [5.74, 6) is 2.16. The van der Waals surface area contributed by atoms with Crippen molar-refractivity contribution in [2.45, 2.75) is 18.9 Å². The minimum absolute atomic E-state index is 0.0488. The number of hydrogen-bond acceptors (Lipinski definition) is 4. The summed E-state index contributed by atoms with van der Waals surface area (Å²) >= 11 is 0. The summed E-state index contributed by atoms with van der Waals surface area (Å²) in [6.07, 6.45) is 6.57. The maximum atomic E-state index is 10.6. The van der Waals surface area contributed by atoms with Gasteiger partial charge in [-0.3, -0.25) is 10.1 Å². The Balaban J connectivity index is 1.46. The number of rotatable bonds is 6. The van der Waals surface area contributed by atoms with Gasteiger partial charge in [-0.05, 0) is 54.8 Å². The highest BCUT2D eigenvalue weighted by Crippen LogP contribution is 2.42. The molecular weight excluding hydrogens is 268 g/mol. The quantitative estimate of drug-likeness (QED) is 0.479. The van der Waals surface area contributed by atoms with E-state index in [0.29, 0.717) is 23.9 Å². The topological polar surface area (TPSA) is 75.4 Å². The van der Waals surface area contributed by atoms with Gasteiger partial charge >= 0.3 is 0 Å². The van der Waals surface area contributed by atoms with Crippen LogP contribution in [0.25, 0.3) is 0 Å². The molecule has 2 N–H and O–H groups in total. The number of fused-ring (bicyclic) bond motifs is 2. The minimum atomic E-state index is -0.625. The first kappa shape index (κ1) is 14.2. The Morgan fingerprint density at radius 3 is 2.62 bits per heavy atom. The van der Waals surface area contributed by atoms with Gasteiger partial charge in [0.05, 0.1) is 11.0 Å². The zero-order valence-electron chi connectivity index (χ0n) is 11.8. The minimum Gasteiger partial charge on any atom is -0.387 e. The third-order valence-corrected chi connectivity index (χ3v) is 4.65. The van der Waals surface area contributed by atoms with Crippen LogP contribution in [0.3, 0.4) is 0 Å². The van der Waals surface area contributed by atoms with E-state index < -0.39 is 11.0 Å². The highest BCUT2D eigenvalue weighted by molar-refractivity contribution is 5.33. The third-order valence-electron chi connectivity index (χ3n) is 4.65. The fraction of sp³-hybridized carbons (Fsp3) is 0.500. The van der Waals surface area contributed by atoms with Crippen molar-refractivity contribution < 1.29 is 10.0 Å². The average molecular weight is 288 g/mol. The predicted octanol–water partition coefficient (Wildman–Crippen LogP) is 2.43. The van der Waals surface area contributed by atoms with Crippen molar-refractivity contribution in [3.8, 4) is 0 Å². The second kappa shape index (κ2) is 5.95. The van der Waals surface area contributed by atoms with E-state index in [1.165, 1.54) is 25.0 Å². The molecule has 5 heteroatoms. The molecule has 0 unspecified atom stereocenters. The van der Waals surface area contributed by atoms with E-state index in [1.54, 1.807) is 12.1 Å². The molecule has 0 spiro atoms. The molecule has 5 nitrogen and oxygen atoms in total. The molecule has 1 aromatic rings. The molecule has 21 heavy (non-hydrogen) atoms. The van der Waals surface area contributed by atoms with Gasteiger partial charge in [0.2, 0.25) is 0 Å². The van der Waals surface area contributed by atoms with Crippen LogP contribution in [-0.2, 0) is 0 Å². The molecule has 0 radical (unpaired) electrons. The standard InChI is InChI=1S/C16H20N2O3/c19-16(12-3-5-15(6-4-12)18(20)21)10-17-9-14-8-11-1-2-13(14)7-11/h1-6,11,13-14,16-17,19H,7-10H2/t11-,13-,14-,16-/m0/s1. The molecule has 0 heterocycles. The normalized spacial score (nSPS) is 28.0. The van der Waals surface area contributed by atoms with Crippen LogP contribution in [0, 0.1) is 27.9 Å². The molecule has 1 saturated carbocycles. The smallest absolute Gasteiger partial charge is 0.269 e. The number of nitro groups is 1. The first-order valence-corrected chi connectivity index (χ1v) is 7.45. The molecule has 112 valence electrons. The Labute approximate surface area is 123 Å². The highest BCUT2D eigenvalue weighted by atomic mass is 16.6. The number of nitrogens with one attached hydrogen (secondary N) is 1. The van der Waals surface area contributed by atoms with Crippen LogP contribution < -0.4 is 5.32 Å². The van der Waals surface area contributed by atoms with Crippen LogP contribution in [0.1, 0.15) is 24.5 Å². The van der Waals surface area contributed by atoms with E-state index in [9.17, 15) is 15.2 Å². The summed E-state index contributed by atoms with van der Waals surface area (Å²) in [5.41, 5.74) is 0.758. The Morgan fingerprint density at radius 2 is 2.05 bits per heavy atom. The molecule has 1 fully saturated rings. The van der Waals surface area contributed by atoms with Crippen molar-refractivity contribution in [3.63, 3.8) is 0 Å². The summed E-state index contributed by atoms with van der Waals surface area (Å²) < 4.78 is 0. The van der Waals surface area contributed by atoms with Gasteiger partial charge < -0.3 is 10.4 Å². The van der Waals surface area contributed by atoms with Gasteiger partial charge in [0, 0.05) is 18.7 Å². The number of aliphatic hydroxyl groups excluding tert-OH is 1. The number of nitrogens with zero attached hydrogens (tertiary/aromatic N) is 1. The highest BCUT2D eigenvalue weighted by Gasteiger charge is 2.35. The molecular formula is C16H20N2O3. The SMILES string of the molecule is O=[N+]([O-])c1ccc([C@@H](O)CNC[C@@H]2C[C@H]3C=C[C@H]2C3)cc1. The second-order valence-corrected chi connectivity index (χ2v) is 6.06. The van der Waals surface area contributed by atoms with Gasteiger partial charge in [-0.25, -0.2) is 0 Å². The Bertz CT molecular complexity index is 541. The van der Waals surface area contributed by atoms with Crippen molar-refractivity contribution in [3.05, 3.63) is 52.1 Å². The van der Waals surface area contributed by atoms with Crippen LogP contribution in [0.4, 0.5) is 5.69 Å².